The Morgan fingerprint density at radius 2 is 1.77 bits per heavy atom. The molecule has 158 valence electrons. The smallest absolute Gasteiger partial charge is 0.264 e. The molecule has 0 saturated heterocycles. The Morgan fingerprint density at radius 1 is 1.03 bits per heavy atom. The average molecular weight is 454 g/mol. The van der Waals surface area contributed by atoms with Crippen molar-refractivity contribution in [3.8, 4) is 0 Å². The van der Waals surface area contributed by atoms with Gasteiger partial charge in [-0.25, -0.2) is 0 Å². The third-order valence-corrected chi connectivity index (χ3v) is 6.29. The summed E-state index contributed by atoms with van der Waals surface area (Å²) in [5.74, 6) is -0.870. The molecule has 0 spiro atoms. The fourth-order valence-corrected chi connectivity index (χ4v) is 4.38. The molecule has 4 rings (SSSR count). The first-order valence-corrected chi connectivity index (χ1v) is 10.6. The van der Waals surface area contributed by atoms with E-state index in [1.54, 1.807) is 30.3 Å². The van der Waals surface area contributed by atoms with Gasteiger partial charge in [-0.2, -0.15) is 0 Å². The number of nitrogens with zero attached hydrogens (tertiary/aromatic N) is 1. The Hall–Kier alpha value is -2.66. The highest BCUT2D eigenvalue weighted by Gasteiger charge is 2.51. The van der Waals surface area contributed by atoms with Gasteiger partial charge < -0.3 is 10.0 Å². The minimum atomic E-state index is -2.01. The van der Waals surface area contributed by atoms with E-state index >= 15 is 0 Å². The van der Waals surface area contributed by atoms with E-state index in [0.717, 1.165) is 16.7 Å². The molecule has 0 fully saturated rings. The summed E-state index contributed by atoms with van der Waals surface area (Å²) in [6.45, 7) is 3.90. The summed E-state index contributed by atoms with van der Waals surface area (Å²) in [6.07, 6.45) is -0.373. The lowest BCUT2D eigenvalue weighted by Crippen LogP contribution is -2.41. The number of anilines is 1. The molecule has 3 aromatic carbocycles. The second-order valence-corrected chi connectivity index (χ2v) is 8.77. The van der Waals surface area contributed by atoms with E-state index in [9.17, 15) is 14.7 Å². The van der Waals surface area contributed by atoms with Gasteiger partial charge in [-0.3, -0.25) is 9.59 Å². The summed E-state index contributed by atoms with van der Waals surface area (Å²) in [4.78, 5) is 28.1. The average Bonchev–Trinajstić information content (AvgIpc) is 2.92. The number of rotatable bonds is 5. The first-order chi connectivity index (χ1) is 14.7. The first-order valence-electron chi connectivity index (χ1n) is 9.89. The molecule has 6 heteroatoms. The Labute approximate surface area is 191 Å². The minimum absolute atomic E-state index is 0.174. The molecule has 0 unspecified atom stereocenters. The number of hydrogen-bond donors (Lipinski definition) is 1. The van der Waals surface area contributed by atoms with Crippen molar-refractivity contribution in [1.29, 1.82) is 0 Å². The van der Waals surface area contributed by atoms with Gasteiger partial charge in [0.25, 0.3) is 5.91 Å². The van der Waals surface area contributed by atoms with Crippen LogP contribution in [0, 0.1) is 13.8 Å². The quantitative estimate of drug-likeness (QED) is 0.510. The molecule has 1 aliphatic heterocycles. The molecule has 0 saturated carbocycles. The van der Waals surface area contributed by atoms with Crippen molar-refractivity contribution in [1.82, 2.24) is 0 Å². The zero-order chi connectivity index (χ0) is 22.3. The van der Waals surface area contributed by atoms with Crippen molar-refractivity contribution in [2.45, 2.75) is 32.4 Å². The maximum absolute atomic E-state index is 13.5. The summed E-state index contributed by atoms with van der Waals surface area (Å²) >= 11 is 12.5. The number of amides is 1. The summed E-state index contributed by atoms with van der Waals surface area (Å²) in [7, 11) is 0. The van der Waals surface area contributed by atoms with Crippen LogP contribution in [0.15, 0.2) is 60.7 Å². The number of carbonyl (C=O) groups excluding carboxylic acids is 2. The van der Waals surface area contributed by atoms with Crippen molar-refractivity contribution in [3.05, 3.63) is 98.5 Å². The van der Waals surface area contributed by atoms with E-state index < -0.39 is 11.5 Å². The predicted molar refractivity (Wildman–Crippen MR) is 123 cm³/mol. The second-order valence-electron chi connectivity index (χ2n) is 7.92. The van der Waals surface area contributed by atoms with Crippen LogP contribution in [0.3, 0.4) is 0 Å². The molecular formula is C25H21Cl2NO3. The Kier molecular flexibility index (Phi) is 5.65. The van der Waals surface area contributed by atoms with Crippen LogP contribution in [0.4, 0.5) is 5.69 Å². The van der Waals surface area contributed by atoms with Gasteiger partial charge in [0.2, 0.25) is 0 Å². The number of carbonyl (C=O) groups is 2. The Bertz CT molecular complexity index is 1210. The van der Waals surface area contributed by atoms with E-state index in [-0.39, 0.29) is 18.7 Å². The van der Waals surface area contributed by atoms with Crippen molar-refractivity contribution in [3.63, 3.8) is 0 Å². The van der Waals surface area contributed by atoms with E-state index in [1.165, 1.54) is 4.90 Å². The number of halogens is 2. The molecule has 0 aromatic heterocycles. The molecule has 0 aliphatic carbocycles. The molecule has 1 atom stereocenters. The van der Waals surface area contributed by atoms with Gasteiger partial charge in [0, 0.05) is 21.2 Å². The standard InChI is InChI=1S/C25H21Cl2NO3/c1-15-7-8-16(2)19(11-15)23(29)13-25(31)20-12-18(26)9-10-22(20)28(24(25)30)14-17-5-3-4-6-21(17)27/h3-12,31H,13-14H2,1-2H3/t25-/m1/s1. The fraction of sp³-hybridized carbons (Fsp3) is 0.200. The molecule has 4 nitrogen and oxygen atoms in total. The van der Waals surface area contributed by atoms with Crippen LogP contribution in [0.1, 0.15) is 39.0 Å². The zero-order valence-electron chi connectivity index (χ0n) is 17.2. The summed E-state index contributed by atoms with van der Waals surface area (Å²) in [6, 6.07) is 17.7. The van der Waals surface area contributed by atoms with Gasteiger partial charge in [-0.05, 0) is 55.3 Å². The maximum atomic E-state index is 13.5. The lowest BCUT2D eigenvalue weighted by Gasteiger charge is -2.23. The highest BCUT2D eigenvalue weighted by atomic mass is 35.5. The third-order valence-electron chi connectivity index (χ3n) is 5.69. The molecule has 0 radical (unpaired) electrons. The molecule has 1 heterocycles. The zero-order valence-corrected chi connectivity index (χ0v) is 18.7. The highest BCUT2D eigenvalue weighted by molar-refractivity contribution is 6.31. The predicted octanol–water partition coefficient (Wildman–Crippen LogP) is 5.62. The van der Waals surface area contributed by atoms with E-state index in [2.05, 4.69) is 0 Å². The number of aryl methyl sites for hydroxylation is 2. The third kappa shape index (κ3) is 3.87. The molecule has 3 aromatic rings. The SMILES string of the molecule is Cc1ccc(C)c(C(=O)C[C@]2(O)C(=O)N(Cc3ccccc3Cl)c3ccc(Cl)cc32)c1. The van der Waals surface area contributed by atoms with E-state index in [1.807, 2.05) is 44.2 Å². The van der Waals surface area contributed by atoms with Crippen LogP contribution in [0.25, 0.3) is 0 Å². The molecular weight excluding hydrogens is 433 g/mol. The molecule has 1 aliphatic rings. The molecule has 0 bridgehead atoms. The highest BCUT2D eigenvalue weighted by Crippen LogP contribution is 2.45. The van der Waals surface area contributed by atoms with Gasteiger partial charge in [-0.1, -0.05) is 59.1 Å². The van der Waals surface area contributed by atoms with Crippen LogP contribution in [0.5, 0.6) is 0 Å². The van der Waals surface area contributed by atoms with E-state index in [0.29, 0.717) is 26.9 Å². The monoisotopic (exact) mass is 453 g/mol. The second kappa shape index (κ2) is 8.12. The van der Waals surface area contributed by atoms with Crippen molar-refractivity contribution >= 4 is 40.6 Å². The number of ketones is 1. The summed E-state index contributed by atoms with van der Waals surface area (Å²) < 4.78 is 0. The van der Waals surface area contributed by atoms with E-state index in [4.69, 9.17) is 23.2 Å². The van der Waals surface area contributed by atoms with Crippen LogP contribution in [-0.2, 0) is 16.9 Å². The fourth-order valence-electron chi connectivity index (χ4n) is 4.01. The molecule has 1 N–H and O–H groups in total. The van der Waals surface area contributed by atoms with Crippen LogP contribution in [-0.4, -0.2) is 16.8 Å². The Balaban J connectivity index is 1.74. The number of aliphatic hydroxyl groups is 1. The van der Waals surface area contributed by atoms with Crippen molar-refractivity contribution in [2.75, 3.05) is 4.90 Å². The lowest BCUT2D eigenvalue weighted by atomic mass is 9.87. The van der Waals surface area contributed by atoms with Crippen LogP contribution in [0.2, 0.25) is 10.0 Å². The number of hydrogen-bond acceptors (Lipinski definition) is 3. The van der Waals surface area contributed by atoms with Gasteiger partial charge in [-0.15, -0.1) is 0 Å². The number of Topliss-reactive ketones (excluding diaryl/α,β-unsaturated/α-hetero) is 1. The van der Waals surface area contributed by atoms with Crippen molar-refractivity contribution < 1.29 is 14.7 Å². The minimum Gasteiger partial charge on any atom is -0.375 e. The summed E-state index contributed by atoms with van der Waals surface area (Å²) in [5.41, 5.74) is 1.81. The van der Waals surface area contributed by atoms with Crippen molar-refractivity contribution in [2.24, 2.45) is 0 Å². The van der Waals surface area contributed by atoms with Gasteiger partial charge in [0.1, 0.15) is 0 Å². The van der Waals surface area contributed by atoms with Gasteiger partial charge in [0.05, 0.1) is 18.7 Å². The first kappa shape index (κ1) is 21.6. The maximum Gasteiger partial charge on any atom is 0.264 e. The van der Waals surface area contributed by atoms with Crippen LogP contribution < -0.4 is 4.90 Å². The van der Waals surface area contributed by atoms with Crippen LogP contribution >= 0.6 is 23.2 Å². The van der Waals surface area contributed by atoms with Gasteiger partial charge in [0.15, 0.2) is 11.4 Å². The largest absolute Gasteiger partial charge is 0.375 e. The lowest BCUT2D eigenvalue weighted by molar-refractivity contribution is -0.136. The van der Waals surface area contributed by atoms with Gasteiger partial charge >= 0.3 is 0 Å². The topological polar surface area (TPSA) is 57.6 Å². The molecule has 1 amide bonds. The normalized spacial score (nSPS) is 17.7. The number of benzene rings is 3. The summed E-state index contributed by atoms with van der Waals surface area (Å²) in [5, 5.41) is 12.4. The number of fused-ring (bicyclic) bond motifs is 1. The molecule has 31 heavy (non-hydrogen) atoms. The Morgan fingerprint density at radius 3 is 2.52 bits per heavy atom.